The number of fused-ring (bicyclic) bond motifs is 1. The minimum atomic E-state index is -0.854. The Balaban J connectivity index is 1.22. The molecule has 0 saturated carbocycles. The molecule has 0 spiro atoms. The zero-order valence-electron chi connectivity index (χ0n) is 25.1. The largest absolute Gasteiger partial charge is 0.493 e. The molecular formula is C37H29ClN2O6. The van der Waals surface area contributed by atoms with Gasteiger partial charge in [0.1, 0.15) is 24.5 Å². The molecule has 1 saturated heterocycles. The van der Waals surface area contributed by atoms with Crippen molar-refractivity contribution in [2.75, 3.05) is 12.0 Å². The standard InChI is InChI=1S/C37H29ClN2O6/c1-23-12-13-26-10-6-7-11-29(26)31(23)22-46-34-32(38)19-25(20-33(34)44-2)18-30-35(41)39-37(43)40(36(30)42)27-14-16-28(17-15-27)45-21-24-8-4-3-5-9-24/h3-20H,21-22H2,1-2H3,(H,39,41,43)/b30-18+. The van der Waals surface area contributed by atoms with Crippen molar-refractivity contribution in [1.82, 2.24) is 5.32 Å². The summed E-state index contributed by atoms with van der Waals surface area (Å²) < 4.78 is 17.6. The van der Waals surface area contributed by atoms with Crippen LogP contribution in [0.1, 0.15) is 22.3 Å². The minimum absolute atomic E-state index is 0.229. The Bertz CT molecular complexity index is 1990. The molecule has 0 aliphatic carbocycles. The van der Waals surface area contributed by atoms with E-state index in [9.17, 15) is 14.4 Å². The lowest BCUT2D eigenvalue weighted by Gasteiger charge is -2.26. The molecule has 0 radical (unpaired) electrons. The number of anilines is 1. The van der Waals surface area contributed by atoms with Gasteiger partial charge < -0.3 is 14.2 Å². The van der Waals surface area contributed by atoms with Crippen LogP contribution in [0, 0.1) is 6.92 Å². The minimum Gasteiger partial charge on any atom is -0.493 e. The molecule has 9 heteroatoms. The van der Waals surface area contributed by atoms with Crippen LogP contribution < -0.4 is 24.4 Å². The lowest BCUT2D eigenvalue weighted by molar-refractivity contribution is -0.122. The van der Waals surface area contributed by atoms with Crippen molar-refractivity contribution >= 4 is 52.0 Å². The van der Waals surface area contributed by atoms with Crippen molar-refractivity contribution < 1.29 is 28.6 Å². The highest BCUT2D eigenvalue weighted by molar-refractivity contribution is 6.39. The maximum atomic E-state index is 13.5. The summed E-state index contributed by atoms with van der Waals surface area (Å²) in [6, 6.07) is 30.6. The number of imide groups is 2. The number of methoxy groups -OCH3 is 1. The number of nitrogens with one attached hydrogen (secondary N) is 1. The Labute approximate surface area is 270 Å². The molecule has 6 rings (SSSR count). The topological polar surface area (TPSA) is 94.2 Å². The number of carbonyl (C=O) groups excluding carboxylic acids is 3. The number of benzene rings is 5. The van der Waals surface area contributed by atoms with Gasteiger partial charge in [0.25, 0.3) is 11.8 Å². The van der Waals surface area contributed by atoms with Gasteiger partial charge in [0.2, 0.25) is 0 Å². The second-order valence-corrected chi connectivity index (χ2v) is 11.0. The van der Waals surface area contributed by atoms with E-state index < -0.39 is 17.8 Å². The molecule has 5 aromatic rings. The number of hydrogen-bond donors (Lipinski definition) is 1. The number of nitrogens with zero attached hydrogens (tertiary/aromatic N) is 1. The van der Waals surface area contributed by atoms with E-state index in [1.54, 1.807) is 36.4 Å². The molecule has 1 heterocycles. The Kier molecular flexibility index (Phi) is 8.72. The number of barbiturate groups is 1. The Hall–Kier alpha value is -5.60. The molecule has 0 unspecified atom stereocenters. The van der Waals surface area contributed by atoms with Crippen molar-refractivity contribution in [2.45, 2.75) is 20.1 Å². The van der Waals surface area contributed by atoms with Gasteiger partial charge in [-0.2, -0.15) is 0 Å². The highest BCUT2D eigenvalue weighted by atomic mass is 35.5. The first-order valence-electron chi connectivity index (χ1n) is 14.5. The van der Waals surface area contributed by atoms with Crippen molar-refractivity contribution in [3.63, 3.8) is 0 Å². The maximum absolute atomic E-state index is 13.5. The molecule has 46 heavy (non-hydrogen) atoms. The van der Waals surface area contributed by atoms with Gasteiger partial charge in [-0.05, 0) is 76.9 Å². The van der Waals surface area contributed by atoms with Crippen LogP contribution in [0.4, 0.5) is 10.5 Å². The van der Waals surface area contributed by atoms with E-state index in [4.69, 9.17) is 25.8 Å². The van der Waals surface area contributed by atoms with Crippen LogP contribution in [0.5, 0.6) is 17.2 Å². The molecule has 0 atom stereocenters. The molecule has 0 bridgehead atoms. The Morgan fingerprint density at radius 3 is 2.33 bits per heavy atom. The SMILES string of the molecule is COc1cc(/C=C2\C(=O)NC(=O)N(c3ccc(OCc4ccccc4)cc3)C2=O)cc(Cl)c1OCc1c(C)ccc2ccccc12. The zero-order chi connectivity index (χ0) is 32.2. The van der Waals surface area contributed by atoms with E-state index in [-0.39, 0.29) is 22.9 Å². The van der Waals surface area contributed by atoms with Gasteiger partial charge in [-0.15, -0.1) is 0 Å². The third-order valence-electron chi connectivity index (χ3n) is 7.64. The smallest absolute Gasteiger partial charge is 0.335 e. The summed E-state index contributed by atoms with van der Waals surface area (Å²) in [7, 11) is 1.48. The molecule has 1 aliphatic rings. The van der Waals surface area contributed by atoms with Crippen LogP contribution in [-0.2, 0) is 22.8 Å². The van der Waals surface area contributed by atoms with E-state index in [0.717, 1.165) is 32.4 Å². The summed E-state index contributed by atoms with van der Waals surface area (Å²) in [5.41, 5.74) is 3.53. The lowest BCUT2D eigenvalue weighted by atomic mass is 10.0. The van der Waals surface area contributed by atoms with Crippen LogP contribution in [0.3, 0.4) is 0 Å². The van der Waals surface area contributed by atoms with Gasteiger partial charge in [0, 0.05) is 5.56 Å². The van der Waals surface area contributed by atoms with Gasteiger partial charge in [0.15, 0.2) is 11.5 Å². The number of carbonyl (C=O) groups is 3. The predicted octanol–water partition coefficient (Wildman–Crippen LogP) is 7.63. The highest BCUT2D eigenvalue weighted by Crippen LogP contribution is 2.38. The second kappa shape index (κ2) is 13.2. The van der Waals surface area contributed by atoms with Gasteiger partial charge >= 0.3 is 6.03 Å². The molecule has 1 fully saturated rings. The predicted molar refractivity (Wildman–Crippen MR) is 177 cm³/mol. The first-order chi connectivity index (χ1) is 22.3. The number of rotatable bonds is 9. The summed E-state index contributed by atoms with van der Waals surface area (Å²) in [6.07, 6.45) is 1.36. The zero-order valence-corrected chi connectivity index (χ0v) is 25.8. The fraction of sp³-hybridized carbons (Fsp3) is 0.108. The molecule has 1 N–H and O–H groups in total. The van der Waals surface area contributed by atoms with Crippen molar-refractivity contribution in [3.05, 3.63) is 136 Å². The molecule has 5 aromatic carbocycles. The third-order valence-corrected chi connectivity index (χ3v) is 7.92. The number of aryl methyl sites for hydroxylation is 1. The van der Waals surface area contributed by atoms with Gasteiger partial charge in [0.05, 0.1) is 17.8 Å². The Morgan fingerprint density at radius 1 is 0.826 bits per heavy atom. The molecule has 8 nitrogen and oxygen atoms in total. The van der Waals surface area contributed by atoms with E-state index in [2.05, 4.69) is 11.4 Å². The van der Waals surface area contributed by atoms with E-state index in [1.807, 2.05) is 67.6 Å². The van der Waals surface area contributed by atoms with Crippen LogP contribution in [0.15, 0.2) is 109 Å². The first kappa shape index (κ1) is 30.4. The quantitative estimate of drug-likeness (QED) is 0.133. The molecule has 0 aromatic heterocycles. The third kappa shape index (κ3) is 6.29. The van der Waals surface area contributed by atoms with Crippen LogP contribution in [-0.4, -0.2) is 25.0 Å². The number of ether oxygens (including phenoxy) is 3. The highest BCUT2D eigenvalue weighted by Gasteiger charge is 2.37. The van der Waals surface area contributed by atoms with Crippen LogP contribution in [0.2, 0.25) is 5.02 Å². The van der Waals surface area contributed by atoms with Crippen LogP contribution in [0.25, 0.3) is 16.8 Å². The maximum Gasteiger partial charge on any atom is 0.335 e. The summed E-state index contributed by atoms with van der Waals surface area (Å²) in [4.78, 5) is 40.0. The summed E-state index contributed by atoms with van der Waals surface area (Å²) in [6.45, 7) is 2.63. The fourth-order valence-corrected chi connectivity index (χ4v) is 5.51. The normalized spacial score (nSPS) is 14.0. The van der Waals surface area contributed by atoms with Gasteiger partial charge in [-0.3, -0.25) is 14.9 Å². The molecule has 1 aliphatic heterocycles. The van der Waals surface area contributed by atoms with Crippen LogP contribution >= 0.6 is 11.6 Å². The Morgan fingerprint density at radius 2 is 1.57 bits per heavy atom. The number of urea groups is 1. The van der Waals surface area contributed by atoms with Crippen molar-refractivity contribution in [2.24, 2.45) is 0 Å². The summed E-state index contributed by atoms with van der Waals surface area (Å²) in [5.74, 6) is -0.405. The van der Waals surface area contributed by atoms with Crippen molar-refractivity contribution in [1.29, 1.82) is 0 Å². The van der Waals surface area contributed by atoms with E-state index in [0.29, 0.717) is 29.4 Å². The number of amides is 4. The average Bonchev–Trinajstić information content (AvgIpc) is 3.06. The monoisotopic (exact) mass is 632 g/mol. The van der Waals surface area contributed by atoms with E-state index in [1.165, 1.54) is 13.2 Å². The summed E-state index contributed by atoms with van der Waals surface area (Å²) in [5, 5.41) is 4.65. The average molecular weight is 633 g/mol. The van der Waals surface area contributed by atoms with E-state index >= 15 is 0 Å². The molecule has 230 valence electrons. The molecular weight excluding hydrogens is 604 g/mol. The first-order valence-corrected chi connectivity index (χ1v) is 14.9. The van der Waals surface area contributed by atoms with Gasteiger partial charge in [-0.25, -0.2) is 9.69 Å². The summed E-state index contributed by atoms with van der Waals surface area (Å²) >= 11 is 6.66. The lowest BCUT2D eigenvalue weighted by Crippen LogP contribution is -2.54. The fourth-order valence-electron chi connectivity index (χ4n) is 5.24. The number of halogens is 1. The second-order valence-electron chi connectivity index (χ2n) is 10.6. The van der Waals surface area contributed by atoms with Gasteiger partial charge in [-0.1, -0.05) is 78.3 Å². The number of hydrogen-bond acceptors (Lipinski definition) is 6. The molecule has 4 amide bonds. The van der Waals surface area contributed by atoms with Crippen molar-refractivity contribution in [3.8, 4) is 17.2 Å².